The number of carboxylic acid groups (broad SMARTS) is 1. The van der Waals surface area contributed by atoms with Crippen molar-refractivity contribution >= 4 is 45.0 Å². The Morgan fingerprint density at radius 3 is 2.50 bits per heavy atom. The molecule has 1 unspecified atom stereocenters. The van der Waals surface area contributed by atoms with Crippen LogP contribution in [0.3, 0.4) is 0 Å². The summed E-state index contributed by atoms with van der Waals surface area (Å²) < 4.78 is 6.54. The lowest BCUT2D eigenvalue weighted by Gasteiger charge is -2.10. The Morgan fingerprint density at radius 1 is 1.08 bits per heavy atom. The molecule has 5 aromatic rings. The number of ketones is 1. The van der Waals surface area contributed by atoms with E-state index >= 15 is 0 Å². The van der Waals surface area contributed by atoms with Crippen LogP contribution < -0.4 is 5.73 Å². The molecule has 3 aromatic heterocycles. The standard InChI is InChI=1S/C24H17ClN6O4S/c25-14-8-6-13(7-9-14)18-16-21(32)20(22(33)17(26)24(34)35)27-19(23(16)36-29-18)15-11-31(30-28-15)10-12-4-2-1-3-5-12/h1-9,11,17,32H,10,26H2,(H,34,35). The Balaban J connectivity index is 1.69. The molecule has 0 saturated carbocycles. The average Bonchev–Trinajstić information content (AvgIpc) is 3.53. The number of aliphatic carboxylic acids is 1. The largest absolute Gasteiger partial charge is 0.505 e. The van der Waals surface area contributed by atoms with E-state index in [0.29, 0.717) is 33.2 Å². The topological polar surface area (TPSA) is 157 Å². The fourth-order valence-corrected chi connectivity index (χ4v) is 4.70. The van der Waals surface area contributed by atoms with Gasteiger partial charge in [-0.15, -0.1) is 5.10 Å². The smallest absolute Gasteiger partial charge is 0.328 e. The highest BCUT2D eigenvalue weighted by atomic mass is 35.5. The molecule has 1 atom stereocenters. The molecule has 0 spiro atoms. The number of aromatic hydroxyl groups is 1. The van der Waals surface area contributed by atoms with E-state index in [1.165, 1.54) is 0 Å². The molecule has 12 heteroatoms. The fraction of sp³-hybridized carbons (Fsp3) is 0.0833. The highest BCUT2D eigenvalue weighted by Gasteiger charge is 2.31. The van der Waals surface area contributed by atoms with Crippen LogP contribution in [0.4, 0.5) is 0 Å². The molecular weight excluding hydrogens is 504 g/mol. The zero-order valence-corrected chi connectivity index (χ0v) is 19.9. The number of carboxylic acids is 1. The minimum atomic E-state index is -1.91. The highest BCUT2D eigenvalue weighted by molar-refractivity contribution is 7.14. The van der Waals surface area contributed by atoms with Gasteiger partial charge in [0.15, 0.2) is 17.5 Å². The van der Waals surface area contributed by atoms with Crippen LogP contribution in [0.1, 0.15) is 16.1 Å². The van der Waals surface area contributed by atoms with Crippen molar-refractivity contribution in [1.82, 2.24) is 24.4 Å². The normalized spacial score (nSPS) is 12.1. The Morgan fingerprint density at radius 2 is 1.81 bits per heavy atom. The van der Waals surface area contributed by atoms with Crippen molar-refractivity contribution < 1.29 is 19.8 Å². The zero-order chi connectivity index (χ0) is 25.4. The number of rotatable bonds is 7. The van der Waals surface area contributed by atoms with Crippen LogP contribution in [0.15, 0.2) is 60.8 Å². The van der Waals surface area contributed by atoms with Crippen LogP contribution in [0.25, 0.3) is 32.7 Å². The van der Waals surface area contributed by atoms with Gasteiger partial charge in [-0.05, 0) is 29.2 Å². The molecule has 2 aromatic carbocycles. The molecule has 0 saturated heterocycles. The molecule has 0 aliphatic rings. The predicted octanol–water partition coefficient (Wildman–Crippen LogP) is 3.62. The number of pyridine rings is 1. The van der Waals surface area contributed by atoms with Crippen LogP contribution >= 0.6 is 23.1 Å². The van der Waals surface area contributed by atoms with Gasteiger partial charge < -0.3 is 15.9 Å². The summed E-state index contributed by atoms with van der Waals surface area (Å²) in [7, 11) is 0. The van der Waals surface area contributed by atoms with Crippen molar-refractivity contribution in [2.45, 2.75) is 12.6 Å². The molecule has 180 valence electrons. The van der Waals surface area contributed by atoms with Gasteiger partial charge >= 0.3 is 5.97 Å². The van der Waals surface area contributed by atoms with Gasteiger partial charge in [0.25, 0.3) is 0 Å². The summed E-state index contributed by atoms with van der Waals surface area (Å²) in [6.07, 6.45) is 1.65. The quantitative estimate of drug-likeness (QED) is 0.215. The molecule has 0 amide bonds. The lowest BCUT2D eigenvalue weighted by atomic mass is 10.0. The first-order valence-electron chi connectivity index (χ1n) is 10.6. The van der Waals surface area contributed by atoms with Gasteiger partial charge in [0.1, 0.15) is 11.4 Å². The summed E-state index contributed by atoms with van der Waals surface area (Å²) in [6, 6.07) is 14.5. The molecule has 5 rings (SSSR count). The SMILES string of the molecule is NC(C(=O)O)C(=O)c1nc(-c2cn(Cc3ccccc3)nn2)c2snc(-c3ccc(Cl)cc3)c2c1O. The van der Waals surface area contributed by atoms with Crippen molar-refractivity contribution in [1.29, 1.82) is 0 Å². The van der Waals surface area contributed by atoms with Gasteiger partial charge in [0.2, 0.25) is 5.78 Å². The molecule has 0 bridgehead atoms. The van der Waals surface area contributed by atoms with E-state index in [9.17, 15) is 19.8 Å². The van der Waals surface area contributed by atoms with Gasteiger partial charge in [-0.2, -0.15) is 4.37 Å². The first-order chi connectivity index (χ1) is 17.3. The summed E-state index contributed by atoms with van der Waals surface area (Å²) in [5.74, 6) is -3.10. The second-order valence-corrected chi connectivity index (χ2v) is 9.08. The van der Waals surface area contributed by atoms with Crippen LogP contribution in [-0.4, -0.2) is 52.4 Å². The maximum Gasteiger partial charge on any atom is 0.328 e. The number of carbonyl (C=O) groups is 2. The average molecular weight is 521 g/mol. The molecule has 0 aliphatic heterocycles. The lowest BCUT2D eigenvalue weighted by molar-refractivity contribution is -0.137. The number of carbonyl (C=O) groups excluding carboxylic acids is 1. The molecule has 0 fully saturated rings. The Bertz CT molecular complexity index is 1600. The molecule has 36 heavy (non-hydrogen) atoms. The van der Waals surface area contributed by atoms with E-state index in [2.05, 4.69) is 19.7 Å². The van der Waals surface area contributed by atoms with Gasteiger partial charge in [0.05, 0.1) is 28.5 Å². The number of benzene rings is 2. The Labute approximate surface area is 212 Å². The predicted molar refractivity (Wildman–Crippen MR) is 134 cm³/mol. The van der Waals surface area contributed by atoms with Crippen LogP contribution in [0, 0.1) is 0 Å². The zero-order valence-electron chi connectivity index (χ0n) is 18.4. The van der Waals surface area contributed by atoms with Gasteiger partial charge in [-0.3, -0.25) is 9.59 Å². The maximum atomic E-state index is 12.9. The maximum absolute atomic E-state index is 12.9. The lowest BCUT2D eigenvalue weighted by Crippen LogP contribution is -2.39. The summed E-state index contributed by atoms with van der Waals surface area (Å²) in [5.41, 5.74) is 7.63. The van der Waals surface area contributed by atoms with Crippen molar-refractivity contribution in [2.75, 3.05) is 0 Å². The molecular formula is C24H17ClN6O4S. The summed E-state index contributed by atoms with van der Waals surface area (Å²) in [5, 5.41) is 29.4. The van der Waals surface area contributed by atoms with Crippen molar-refractivity contribution in [3.8, 4) is 28.4 Å². The van der Waals surface area contributed by atoms with Crippen molar-refractivity contribution in [3.63, 3.8) is 0 Å². The third-order valence-corrected chi connectivity index (χ3v) is 6.57. The molecule has 0 aliphatic carbocycles. The summed E-state index contributed by atoms with van der Waals surface area (Å²) in [6.45, 7) is 0.448. The van der Waals surface area contributed by atoms with Crippen molar-refractivity contribution in [2.24, 2.45) is 5.73 Å². The highest BCUT2D eigenvalue weighted by Crippen LogP contribution is 2.42. The first-order valence-corrected chi connectivity index (χ1v) is 11.7. The fourth-order valence-electron chi connectivity index (χ4n) is 3.67. The number of Topliss-reactive ketones (excluding diaryl/α,β-unsaturated/α-hetero) is 1. The number of hydrogen-bond acceptors (Lipinski definition) is 9. The van der Waals surface area contributed by atoms with E-state index in [4.69, 9.17) is 17.3 Å². The third kappa shape index (κ3) is 4.31. The first kappa shape index (κ1) is 23.5. The van der Waals surface area contributed by atoms with E-state index < -0.39 is 29.2 Å². The van der Waals surface area contributed by atoms with E-state index in [-0.39, 0.29) is 11.1 Å². The van der Waals surface area contributed by atoms with E-state index in [0.717, 1.165) is 17.1 Å². The number of nitrogens with zero attached hydrogens (tertiary/aromatic N) is 5. The van der Waals surface area contributed by atoms with E-state index in [1.54, 1.807) is 35.1 Å². The van der Waals surface area contributed by atoms with Crippen molar-refractivity contribution in [3.05, 3.63) is 77.1 Å². The van der Waals surface area contributed by atoms with E-state index in [1.807, 2.05) is 30.3 Å². The molecule has 10 nitrogen and oxygen atoms in total. The van der Waals surface area contributed by atoms with Gasteiger partial charge in [0, 0.05) is 10.6 Å². The third-order valence-electron chi connectivity index (χ3n) is 5.46. The summed E-state index contributed by atoms with van der Waals surface area (Å²) in [4.78, 5) is 28.6. The van der Waals surface area contributed by atoms with Gasteiger partial charge in [-0.1, -0.05) is 59.3 Å². The second-order valence-electron chi connectivity index (χ2n) is 7.87. The van der Waals surface area contributed by atoms with Gasteiger partial charge in [-0.25, -0.2) is 9.67 Å². The monoisotopic (exact) mass is 520 g/mol. The number of aromatic nitrogens is 5. The molecule has 3 heterocycles. The number of nitrogens with two attached hydrogens (primary N) is 1. The molecule has 4 N–H and O–H groups in total. The second kappa shape index (κ2) is 9.46. The minimum Gasteiger partial charge on any atom is -0.505 e. The number of hydrogen-bond donors (Lipinski definition) is 3. The summed E-state index contributed by atoms with van der Waals surface area (Å²) >= 11 is 7.07. The minimum absolute atomic E-state index is 0.223. The Hall–Kier alpha value is -4.19. The Kier molecular flexibility index (Phi) is 6.18. The number of halogens is 1. The van der Waals surface area contributed by atoms with Crippen LogP contribution in [0.2, 0.25) is 5.02 Å². The molecule has 0 radical (unpaired) electrons. The van der Waals surface area contributed by atoms with Crippen LogP contribution in [0.5, 0.6) is 5.75 Å². The number of fused-ring (bicyclic) bond motifs is 1. The van der Waals surface area contributed by atoms with Crippen LogP contribution in [-0.2, 0) is 11.3 Å².